The molecule has 0 atom stereocenters. The van der Waals surface area contributed by atoms with Crippen molar-refractivity contribution in [3.63, 3.8) is 0 Å². The van der Waals surface area contributed by atoms with Gasteiger partial charge in [0, 0.05) is 18.8 Å². The van der Waals surface area contributed by atoms with E-state index in [2.05, 4.69) is 20.0 Å². The fourth-order valence-electron chi connectivity index (χ4n) is 3.02. The number of rotatable bonds is 2. The smallest absolute Gasteiger partial charge is 0.269 e. The van der Waals surface area contributed by atoms with Crippen LogP contribution in [0.5, 0.6) is 0 Å². The van der Waals surface area contributed by atoms with E-state index in [1.807, 2.05) is 6.07 Å². The van der Waals surface area contributed by atoms with Gasteiger partial charge in [0.15, 0.2) is 0 Å². The Morgan fingerprint density at radius 2 is 2.08 bits per heavy atom. The summed E-state index contributed by atoms with van der Waals surface area (Å²) in [5, 5.41) is 2.89. The normalized spacial score (nSPS) is 16.0. The zero-order chi connectivity index (χ0) is 18.5. The number of fused-ring (bicyclic) bond motifs is 2. The van der Waals surface area contributed by atoms with Crippen LogP contribution < -0.4 is 15.6 Å². The number of anilines is 1. The van der Waals surface area contributed by atoms with Crippen molar-refractivity contribution < 1.29 is 13.9 Å². The van der Waals surface area contributed by atoms with Crippen LogP contribution in [-0.4, -0.2) is 32.0 Å². The number of nitrogens with zero attached hydrogens (tertiary/aromatic N) is 1. The quantitative estimate of drug-likeness (QED) is 0.470. The number of aromatic nitrogens is 2. The van der Waals surface area contributed by atoms with Crippen LogP contribution in [0.15, 0.2) is 41.3 Å². The van der Waals surface area contributed by atoms with Crippen molar-refractivity contribution in [3.8, 4) is 11.1 Å². The predicted octanol–water partition coefficient (Wildman–Crippen LogP) is 2.54. The Morgan fingerprint density at radius 1 is 1.27 bits per heavy atom. The van der Waals surface area contributed by atoms with E-state index in [0.717, 1.165) is 11.1 Å². The lowest BCUT2D eigenvalue weighted by Gasteiger charge is -2.26. The Kier molecular flexibility index (Phi) is 3.72. The van der Waals surface area contributed by atoms with Crippen molar-refractivity contribution in [1.82, 2.24) is 15.3 Å². The van der Waals surface area contributed by atoms with E-state index in [4.69, 9.17) is 0 Å². The molecule has 8 nitrogen and oxygen atoms in total. The lowest BCUT2D eigenvalue weighted by molar-refractivity contribution is 0.0958. The largest absolute Gasteiger partial charge is 0.354 e. The number of hydrogen-bond donors (Lipinski definition) is 5. The van der Waals surface area contributed by atoms with Gasteiger partial charge in [-0.3, -0.25) is 23.4 Å². The van der Waals surface area contributed by atoms with E-state index >= 15 is 0 Å². The molecule has 0 saturated heterocycles. The second-order valence-electron chi connectivity index (χ2n) is 5.99. The number of benzene rings is 1. The lowest BCUT2D eigenvalue weighted by Crippen LogP contribution is -2.19. The first kappa shape index (κ1) is 16.6. The second kappa shape index (κ2) is 5.84. The van der Waals surface area contributed by atoms with Crippen LogP contribution in [0.1, 0.15) is 16.1 Å². The first-order valence-corrected chi connectivity index (χ1v) is 9.51. The van der Waals surface area contributed by atoms with Gasteiger partial charge in [-0.1, -0.05) is 6.07 Å². The van der Waals surface area contributed by atoms with Gasteiger partial charge >= 0.3 is 0 Å². The molecule has 0 radical (unpaired) electrons. The predicted molar refractivity (Wildman–Crippen MR) is 101 cm³/mol. The monoisotopic (exact) mass is 372 g/mol. The summed E-state index contributed by atoms with van der Waals surface area (Å²) in [6.45, 7) is 0. The molecule has 0 unspecified atom stereocenters. The summed E-state index contributed by atoms with van der Waals surface area (Å²) in [5.74, 6) is -0.223. The number of carbonyl (C=O) groups excluding carboxylic acids is 1. The average molecular weight is 372 g/mol. The number of aromatic amines is 1. The highest BCUT2D eigenvalue weighted by molar-refractivity contribution is 8.25. The summed E-state index contributed by atoms with van der Waals surface area (Å²) >= 11 is 0. The third-order valence-corrected chi connectivity index (χ3v) is 5.51. The number of pyridine rings is 2. The third-order valence-electron chi connectivity index (χ3n) is 4.25. The average Bonchev–Trinajstić information content (AvgIpc) is 2.94. The maximum atomic E-state index is 12.1. The Morgan fingerprint density at radius 3 is 2.85 bits per heavy atom. The molecular formula is C17H16N4O4S. The lowest BCUT2D eigenvalue weighted by atomic mass is 10.0. The molecule has 1 aliphatic rings. The molecule has 0 saturated carbocycles. The van der Waals surface area contributed by atoms with Crippen LogP contribution in [0.4, 0.5) is 5.69 Å². The molecule has 134 valence electrons. The summed E-state index contributed by atoms with van der Waals surface area (Å²) in [6.07, 6.45) is 1.55. The Bertz CT molecular complexity index is 1110. The second-order valence-corrected chi connectivity index (χ2v) is 7.81. The molecule has 0 spiro atoms. The standard InChI is InChI=1S/C17H16N4O4S/c1-18-17(23)14-5-3-11-15(20-14)12(7-19-16(11)22)9-2-4-13-10(6-9)8-26(24,25)21-13/h2-7,21,24-25H,8H2,1H3,(H,18,23)(H,19,22). The highest BCUT2D eigenvalue weighted by Crippen LogP contribution is 2.51. The fourth-order valence-corrected chi connectivity index (χ4v) is 4.31. The molecule has 0 bridgehead atoms. The van der Waals surface area contributed by atoms with Gasteiger partial charge in [-0.05, 0) is 35.4 Å². The third kappa shape index (κ3) is 2.71. The maximum Gasteiger partial charge on any atom is 0.269 e. The minimum atomic E-state index is -2.85. The molecule has 1 aromatic carbocycles. The minimum absolute atomic E-state index is 0.119. The van der Waals surface area contributed by atoms with Crippen molar-refractivity contribution in [2.24, 2.45) is 0 Å². The van der Waals surface area contributed by atoms with Crippen molar-refractivity contribution in [2.45, 2.75) is 5.75 Å². The molecule has 0 aliphatic carbocycles. The van der Waals surface area contributed by atoms with Gasteiger partial charge in [0.25, 0.3) is 11.5 Å². The van der Waals surface area contributed by atoms with E-state index in [1.165, 1.54) is 13.1 Å². The highest BCUT2D eigenvalue weighted by atomic mass is 32.3. The van der Waals surface area contributed by atoms with Crippen molar-refractivity contribution in [1.29, 1.82) is 0 Å². The van der Waals surface area contributed by atoms with Crippen LogP contribution in [0.2, 0.25) is 0 Å². The van der Waals surface area contributed by atoms with Gasteiger partial charge < -0.3 is 10.3 Å². The van der Waals surface area contributed by atoms with Crippen LogP contribution in [0, 0.1) is 0 Å². The molecule has 0 fully saturated rings. The number of H-pyrrole nitrogens is 1. The molecule has 9 heteroatoms. The van der Waals surface area contributed by atoms with Crippen LogP contribution in [-0.2, 0) is 5.75 Å². The Labute approximate surface area is 149 Å². The van der Waals surface area contributed by atoms with Crippen molar-refractivity contribution in [3.05, 3.63) is 58.1 Å². The first-order chi connectivity index (χ1) is 12.4. The molecule has 2 aromatic heterocycles. The van der Waals surface area contributed by atoms with Crippen molar-refractivity contribution in [2.75, 3.05) is 11.8 Å². The minimum Gasteiger partial charge on any atom is -0.354 e. The molecule has 1 amide bonds. The summed E-state index contributed by atoms with van der Waals surface area (Å²) in [4.78, 5) is 31.1. The van der Waals surface area contributed by atoms with Gasteiger partial charge in [-0.25, -0.2) is 4.98 Å². The SMILES string of the molecule is CNC(=O)c1ccc2c(=O)[nH]cc(-c3ccc4c(c3)CS(O)(O)N4)c2n1. The van der Waals surface area contributed by atoms with E-state index in [0.29, 0.717) is 22.2 Å². The number of hydrogen-bond acceptors (Lipinski definition) is 6. The van der Waals surface area contributed by atoms with E-state index < -0.39 is 10.8 Å². The fraction of sp³-hybridized carbons (Fsp3) is 0.118. The molecular weight excluding hydrogens is 356 g/mol. The summed E-state index contributed by atoms with van der Waals surface area (Å²) in [6, 6.07) is 8.45. The zero-order valence-electron chi connectivity index (χ0n) is 13.7. The topological polar surface area (TPSA) is 127 Å². The first-order valence-electron chi connectivity index (χ1n) is 7.79. The van der Waals surface area contributed by atoms with Gasteiger partial charge in [-0.2, -0.15) is 0 Å². The summed E-state index contributed by atoms with van der Waals surface area (Å²) in [7, 11) is -1.34. The van der Waals surface area contributed by atoms with Crippen LogP contribution in [0.25, 0.3) is 22.0 Å². The maximum absolute atomic E-state index is 12.1. The summed E-state index contributed by atoms with van der Waals surface area (Å²) < 4.78 is 22.4. The molecule has 1 aliphatic heterocycles. The van der Waals surface area contributed by atoms with Crippen LogP contribution in [0.3, 0.4) is 0 Å². The van der Waals surface area contributed by atoms with Crippen LogP contribution >= 0.6 is 10.8 Å². The van der Waals surface area contributed by atoms with Gasteiger partial charge in [0.05, 0.1) is 22.3 Å². The van der Waals surface area contributed by atoms with Gasteiger partial charge in [-0.15, -0.1) is 10.8 Å². The molecule has 3 aromatic rings. The number of nitrogens with one attached hydrogen (secondary N) is 3. The Balaban J connectivity index is 1.91. The van der Waals surface area contributed by atoms with Crippen molar-refractivity contribution >= 4 is 33.3 Å². The molecule has 26 heavy (non-hydrogen) atoms. The number of carbonyl (C=O) groups is 1. The van der Waals surface area contributed by atoms with Gasteiger partial charge in [0.1, 0.15) is 5.69 Å². The van der Waals surface area contributed by atoms with Gasteiger partial charge in [0.2, 0.25) is 0 Å². The molecule has 4 rings (SSSR count). The van der Waals surface area contributed by atoms with E-state index in [-0.39, 0.29) is 22.9 Å². The Hall–Kier alpha value is -2.88. The van der Waals surface area contributed by atoms with E-state index in [9.17, 15) is 18.7 Å². The number of amides is 1. The van der Waals surface area contributed by atoms with E-state index in [1.54, 1.807) is 24.4 Å². The highest BCUT2D eigenvalue weighted by Gasteiger charge is 2.24. The zero-order valence-corrected chi connectivity index (χ0v) is 14.6. The molecule has 5 N–H and O–H groups in total. The summed E-state index contributed by atoms with van der Waals surface area (Å²) in [5.41, 5.74) is 3.17. The molecule has 3 heterocycles.